The van der Waals surface area contributed by atoms with Crippen molar-refractivity contribution in [3.8, 4) is 0 Å². The fourth-order valence-corrected chi connectivity index (χ4v) is 18.3. The first-order valence-electron chi connectivity index (χ1n) is 7.92. The van der Waals surface area contributed by atoms with Crippen molar-refractivity contribution in [1.29, 1.82) is 0 Å². The fraction of sp³-hybridized carbons (Fsp3) is 0.812. The van der Waals surface area contributed by atoms with Gasteiger partial charge in [0, 0.05) is 0 Å². The van der Waals surface area contributed by atoms with E-state index in [9.17, 15) is 4.79 Å². The Morgan fingerprint density at radius 2 is 1.32 bits per heavy atom. The van der Waals surface area contributed by atoms with Gasteiger partial charge in [-0.25, -0.2) is 0 Å². The van der Waals surface area contributed by atoms with Crippen LogP contribution in [0.15, 0.2) is 10.2 Å². The van der Waals surface area contributed by atoms with E-state index in [1.54, 1.807) is 0 Å². The summed E-state index contributed by atoms with van der Waals surface area (Å²) in [6.07, 6.45) is 7.69. The molecular formula is C16H32O2Sn. The predicted molar refractivity (Wildman–Crippen MR) is 86.3 cm³/mol. The van der Waals surface area contributed by atoms with Gasteiger partial charge in [0.1, 0.15) is 0 Å². The molecule has 19 heavy (non-hydrogen) atoms. The molecule has 0 radical (unpaired) electrons. The Balaban J connectivity index is 4.95. The van der Waals surface area contributed by atoms with Gasteiger partial charge in [0.25, 0.3) is 0 Å². The van der Waals surface area contributed by atoms with Gasteiger partial charge in [-0.15, -0.1) is 0 Å². The summed E-state index contributed by atoms with van der Waals surface area (Å²) in [4.78, 5) is 11.1. The molecule has 0 aliphatic heterocycles. The molecule has 0 saturated carbocycles. The van der Waals surface area contributed by atoms with E-state index in [0.717, 1.165) is 3.59 Å². The average molecular weight is 375 g/mol. The Hall–Kier alpha value is 0.00870. The van der Waals surface area contributed by atoms with Crippen molar-refractivity contribution < 1.29 is 9.90 Å². The van der Waals surface area contributed by atoms with Gasteiger partial charge in [-0.2, -0.15) is 0 Å². The molecule has 0 spiro atoms. The van der Waals surface area contributed by atoms with Crippen molar-refractivity contribution in [1.82, 2.24) is 0 Å². The number of carboxylic acids is 1. The zero-order chi connectivity index (χ0) is 14.7. The van der Waals surface area contributed by atoms with Gasteiger partial charge in [-0.05, 0) is 0 Å². The zero-order valence-corrected chi connectivity index (χ0v) is 16.0. The SMILES string of the molecule is C=[C](CC(=O)O)[Sn]([CH2]CCC)([CH2]CCC)[CH2]CCC. The number of hydrogen-bond donors (Lipinski definition) is 1. The zero-order valence-electron chi connectivity index (χ0n) is 13.1. The van der Waals surface area contributed by atoms with E-state index in [1.165, 1.54) is 51.8 Å². The van der Waals surface area contributed by atoms with Gasteiger partial charge in [-0.3, -0.25) is 0 Å². The molecule has 0 aliphatic rings. The second-order valence-corrected chi connectivity index (χ2v) is 19.4. The minimum absolute atomic E-state index is 0.229. The van der Waals surface area contributed by atoms with Crippen LogP contribution in [-0.2, 0) is 4.79 Å². The summed E-state index contributed by atoms with van der Waals surface area (Å²) in [5, 5.41) is 9.10. The van der Waals surface area contributed by atoms with Crippen LogP contribution < -0.4 is 0 Å². The molecule has 0 atom stereocenters. The van der Waals surface area contributed by atoms with Crippen LogP contribution in [0.2, 0.25) is 13.3 Å². The second-order valence-electron chi connectivity index (χ2n) is 5.77. The Bertz CT molecular complexity index is 252. The maximum atomic E-state index is 11.1. The number of carboxylic acid groups (broad SMARTS) is 1. The molecule has 0 aromatic carbocycles. The molecule has 0 amide bonds. The Kier molecular flexibility index (Phi) is 10.8. The monoisotopic (exact) mass is 376 g/mol. The third-order valence-corrected chi connectivity index (χ3v) is 20.1. The normalized spacial score (nSPS) is 11.5. The van der Waals surface area contributed by atoms with Crippen molar-refractivity contribution in [3.63, 3.8) is 0 Å². The average Bonchev–Trinajstić information content (AvgIpc) is 2.37. The molecule has 0 fully saturated rings. The first kappa shape index (κ1) is 19.0. The van der Waals surface area contributed by atoms with Crippen molar-refractivity contribution in [3.05, 3.63) is 10.2 Å². The summed E-state index contributed by atoms with van der Waals surface area (Å²) in [5.74, 6) is -0.685. The number of unbranched alkanes of at least 4 members (excludes halogenated alkanes) is 3. The third kappa shape index (κ3) is 7.38. The first-order valence-corrected chi connectivity index (χ1v) is 15.4. The minimum atomic E-state index is -2.45. The summed E-state index contributed by atoms with van der Waals surface area (Å²) < 4.78 is 5.11. The van der Waals surface area contributed by atoms with Crippen LogP contribution in [0.5, 0.6) is 0 Å². The Labute approximate surface area is 123 Å². The topological polar surface area (TPSA) is 37.3 Å². The molecule has 3 heteroatoms. The van der Waals surface area contributed by atoms with E-state index in [1.807, 2.05) is 0 Å². The van der Waals surface area contributed by atoms with Gasteiger partial charge in [-0.1, -0.05) is 0 Å². The summed E-state index contributed by atoms with van der Waals surface area (Å²) in [6, 6.07) is 0. The molecule has 0 unspecified atom stereocenters. The summed E-state index contributed by atoms with van der Waals surface area (Å²) in [5.41, 5.74) is 0. The second kappa shape index (κ2) is 10.8. The first-order chi connectivity index (χ1) is 9.02. The van der Waals surface area contributed by atoms with Gasteiger partial charge in [0.2, 0.25) is 0 Å². The van der Waals surface area contributed by atoms with Crippen LogP contribution in [0.4, 0.5) is 0 Å². The molecular weight excluding hydrogens is 343 g/mol. The quantitative estimate of drug-likeness (QED) is 0.464. The Morgan fingerprint density at radius 1 is 0.947 bits per heavy atom. The molecule has 0 aliphatic carbocycles. The molecule has 0 bridgehead atoms. The fourth-order valence-electron chi connectivity index (χ4n) is 2.82. The van der Waals surface area contributed by atoms with E-state index >= 15 is 0 Å². The van der Waals surface area contributed by atoms with Crippen LogP contribution in [0.1, 0.15) is 65.7 Å². The molecule has 0 rings (SSSR count). The molecule has 112 valence electrons. The van der Waals surface area contributed by atoms with E-state index < -0.39 is 24.3 Å². The van der Waals surface area contributed by atoms with E-state index in [4.69, 9.17) is 5.11 Å². The molecule has 2 nitrogen and oxygen atoms in total. The molecule has 0 heterocycles. The van der Waals surface area contributed by atoms with Crippen LogP contribution in [0.25, 0.3) is 0 Å². The third-order valence-electron chi connectivity index (χ3n) is 4.14. The van der Waals surface area contributed by atoms with Gasteiger partial charge in [0.05, 0.1) is 0 Å². The molecule has 0 aromatic heterocycles. The summed E-state index contributed by atoms with van der Waals surface area (Å²) in [6.45, 7) is 10.9. The standard InChI is InChI=1S/C4H5O2.3C4H9.Sn/c1-2-3-4(5)6;3*1-3-4-2;/h1,3H2,(H,5,6);3*1,3-4H2,2H3;. The van der Waals surface area contributed by atoms with Crippen molar-refractivity contribution in [2.45, 2.75) is 79.0 Å². The van der Waals surface area contributed by atoms with E-state index in [2.05, 4.69) is 27.4 Å². The number of rotatable bonds is 12. The van der Waals surface area contributed by atoms with Gasteiger partial charge in [0.15, 0.2) is 0 Å². The number of hydrogen-bond acceptors (Lipinski definition) is 1. The molecule has 1 N–H and O–H groups in total. The molecule has 0 aromatic rings. The number of aliphatic carboxylic acids is 1. The molecule has 0 saturated heterocycles. The van der Waals surface area contributed by atoms with Crippen LogP contribution in [0.3, 0.4) is 0 Å². The summed E-state index contributed by atoms with van der Waals surface area (Å²) >= 11 is -2.45. The summed E-state index contributed by atoms with van der Waals surface area (Å²) in [7, 11) is 0. The van der Waals surface area contributed by atoms with Crippen molar-refractivity contribution >= 4 is 24.3 Å². The predicted octanol–water partition coefficient (Wildman–Crippen LogP) is 5.41. The Morgan fingerprint density at radius 3 is 1.58 bits per heavy atom. The van der Waals surface area contributed by atoms with Crippen LogP contribution in [-0.4, -0.2) is 29.5 Å². The van der Waals surface area contributed by atoms with Gasteiger partial charge >= 0.3 is 123 Å². The van der Waals surface area contributed by atoms with E-state index in [-0.39, 0.29) is 6.42 Å². The van der Waals surface area contributed by atoms with Crippen molar-refractivity contribution in [2.24, 2.45) is 0 Å². The maximum absolute atomic E-state index is 11.1. The van der Waals surface area contributed by atoms with E-state index in [0.29, 0.717) is 0 Å². The number of carbonyl (C=O) groups is 1. The van der Waals surface area contributed by atoms with Crippen LogP contribution >= 0.6 is 0 Å². The van der Waals surface area contributed by atoms with Gasteiger partial charge < -0.3 is 0 Å². The van der Waals surface area contributed by atoms with Crippen LogP contribution in [0, 0.1) is 0 Å². The van der Waals surface area contributed by atoms with Crippen molar-refractivity contribution in [2.75, 3.05) is 0 Å².